The molecule has 1 aromatic carbocycles. The Balaban J connectivity index is 0.00000155. The molecule has 1 atom stereocenters. The summed E-state index contributed by atoms with van der Waals surface area (Å²) in [6, 6.07) is 7.71. The van der Waals surface area contributed by atoms with Crippen molar-refractivity contribution in [1.82, 2.24) is 9.88 Å². The lowest BCUT2D eigenvalue weighted by molar-refractivity contribution is -0.139. The van der Waals surface area contributed by atoms with Crippen molar-refractivity contribution < 1.29 is 32.9 Å². The van der Waals surface area contributed by atoms with Gasteiger partial charge in [-0.25, -0.2) is 0 Å². The van der Waals surface area contributed by atoms with Crippen molar-refractivity contribution in [2.45, 2.75) is 29.3 Å². The molecule has 3 rings (SSSR count). The third-order valence-electron chi connectivity index (χ3n) is 4.35. The number of ether oxygens (including phenoxy) is 1. The Morgan fingerprint density at radius 3 is 2.60 bits per heavy atom. The first-order valence-corrected chi connectivity index (χ1v) is 9.97. The lowest BCUT2D eigenvalue weighted by Gasteiger charge is -2.18. The molecule has 164 valence electrons. The van der Waals surface area contributed by atoms with Gasteiger partial charge in [-0.1, -0.05) is 12.1 Å². The average Bonchev–Trinajstić information content (AvgIpc) is 3.22. The van der Waals surface area contributed by atoms with Crippen molar-refractivity contribution >= 4 is 17.7 Å². The largest absolute Gasteiger partial charge is 0.484 e. The summed E-state index contributed by atoms with van der Waals surface area (Å²) in [7, 11) is 1.00. The summed E-state index contributed by atoms with van der Waals surface area (Å²) in [6.45, 7) is 0.628. The van der Waals surface area contributed by atoms with Gasteiger partial charge in [0.25, 0.3) is 5.91 Å². The number of hydrogen-bond donors (Lipinski definition) is 2. The van der Waals surface area contributed by atoms with Gasteiger partial charge in [-0.2, -0.15) is 13.2 Å². The maximum Gasteiger partial charge on any atom is 0.417 e. The van der Waals surface area contributed by atoms with Crippen LogP contribution in [0.25, 0.3) is 0 Å². The van der Waals surface area contributed by atoms with Gasteiger partial charge >= 0.3 is 6.18 Å². The fraction of sp³-hybridized carbons (Fsp3) is 0.400. The molecule has 30 heavy (non-hydrogen) atoms. The number of carbonyl (C=O) groups excluding carboxylic acids is 1. The number of nitrogens with zero attached hydrogens (tertiary/aromatic N) is 2. The van der Waals surface area contributed by atoms with E-state index in [0.717, 1.165) is 36.7 Å². The fourth-order valence-electron chi connectivity index (χ4n) is 2.87. The molecule has 1 aromatic heterocycles. The Kier molecular flexibility index (Phi) is 8.94. The topological polar surface area (TPSA) is 82.9 Å². The number of aliphatic hydroxyl groups is 2. The molecule has 2 heterocycles. The highest BCUT2D eigenvalue weighted by Crippen LogP contribution is 2.39. The van der Waals surface area contributed by atoms with Crippen LogP contribution in [0, 0.1) is 0 Å². The third kappa shape index (κ3) is 6.61. The molecule has 0 aliphatic carbocycles. The molecule has 6 nitrogen and oxygen atoms in total. The lowest BCUT2D eigenvalue weighted by atomic mass is 10.2. The lowest BCUT2D eigenvalue weighted by Crippen LogP contribution is -2.33. The quantitative estimate of drug-likeness (QED) is 0.713. The first-order chi connectivity index (χ1) is 14.4. The molecule has 0 radical (unpaired) electrons. The number of likely N-dealkylation sites (tertiary alicyclic amines) is 1. The second-order valence-corrected chi connectivity index (χ2v) is 7.67. The van der Waals surface area contributed by atoms with Gasteiger partial charge in [0.05, 0.1) is 12.2 Å². The molecule has 1 fully saturated rings. The van der Waals surface area contributed by atoms with E-state index in [9.17, 15) is 18.0 Å². The molecular formula is C20H23F3N2O4S. The van der Waals surface area contributed by atoms with E-state index >= 15 is 0 Å². The van der Waals surface area contributed by atoms with Gasteiger partial charge in [-0.3, -0.25) is 9.78 Å². The Morgan fingerprint density at radius 1 is 1.27 bits per heavy atom. The Bertz CT molecular complexity index is 818. The summed E-state index contributed by atoms with van der Waals surface area (Å²) in [5, 5.41) is 15.9. The molecule has 2 N–H and O–H groups in total. The van der Waals surface area contributed by atoms with Crippen molar-refractivity contribution in [2.75, 3.05) is 26.8 Å². The van der Waals surface area contributed by atoms with Crippen LogP contribution < -0.4 is 4.74 Å². The zero-order valence-corrected chi connectivity index (χ0v) is 17.1. The van der Waals surface area contributed by atoms with Crippen molar-refractivity contribution in [1.29, 1.82) is 0 Å². The summed E-state index contributed by atoms with van der Waals surface area (Å²) in [6.07, 6.45) is -1.48. The highest BCUT2D eigenvalue weighted by atomic mass is 32.2. The Labute approximate surface area is 176 Å². The van der Waals surface area contributed by atoms with Crippen LogP contribution in [0.5, 0.6) is 5.75 Å². The maximum absolute atomic E-state index is 13.1. The second-order valence-electron chi connectivity index (χ2n) is 6.33. The summed E-state index contributed by atoms with van der Waals surface area (Å²) in [5.74, 6) is 0.303. The van der Waals surface area contributed by atoms with Gasteiger partial charge < -0.3 is 19.8 Å². The minimum Gasteiger partial charge on any atom is -0.484 e. The van der Waals surface area contributed by atoms with E-state index in [0.29, 0.717) is 25.3 Å². The number of alkyl halides is 3. The van der Waals surface area contributed by atoms with Crippen LogP contribution in [0.2, 0.25) is 0 Å². The number of thioether (sulfide) groups is 1. The second kappa shape index (κ2) is 11.2. The van der Waals surface area contributed by atoms with Gasteiger partial charge in [-0.05, 0) is 30.2 Å². The van der Waals surface area contributed by atoms with Crippen LogP contribution in [0.1, 0.15) is 17.5 Å². The van der Waals surface area contributed by atoms with Crippen LogP contribution in [-0.4, -0.2) is 58.1 Å². The molecular weight excluding hydrogens is 421 g/mol. The molecule has 0 saturated carbocycles. The van der Waals surface area contributed by atoms with Gasteiger partial charge in [0.2, 0.25) is 0 Å². The molecule has 2 aromatic rings. The molecule has 1 saturated heterocycles. The minimum absolute atomic E-state index is 0.0704. The van der Waals surface area contributed by atoms with Crippen molar-refractivity contribution in [3.8, 4) is 5.75 Å². The fourth-order valence-corrected chi connectivity index (χ4v) is 4.14. The minimum atomic E-state index is -4.43. The predicted molar refractivity (Wildman–Crippen MR) is 106 cm³/mol. The first kappa shape index (κ1) is 24.0. The summed E-state index contributed by atoms with van der Waals surface area (Å²) in [5.41, 5.74) is 0.0404. The Morgan fingerprint density at radius 2 is 1.97 bits per heavy atom. The molecule has 1 aliphatic heterocycles. The Hall–Kier alpha value is -2.30. The predicted octanol–water partition coefficient (Wildman–Crippen LogP) is 2.97. The van der Waals surface area contributed by atoms with Crippen LogP contribution in [0.4, 0.5) is 13.2 Å². The molecule has 0 bridgehead atoms. The highest BCUT2D eigenvalue weighted by Gasteiger charge is 2.35. The maximum atomic E-state index is 13.1. The SMILES string of the molecule is CO.O=C(COc1ccc(CO)cc1)N1CCC(Sc2cnccc2C(F)(F)F)C1. The number of hydrogen-bond acceptors (Lipinski definition) is 6. The number of amides is 1. The van der Waals surface area contributed by atoms with Crippen LogP contribution in [0.15, 0.2) is 47.6 Å². The summed E-state index contributed by atoms with van der Waals surface area (Å²) in [4.78, 5) is 17.8. The van der Waals surface area contributed by atoms with Crippen molar-refractivity contribution in [3.63, 3.8) is 0 Å². The van der Waals surface area contributed by atoms with Crippen molar-refractivity contribution in [3.05, 3.63) is 53.9 Å². The van der Waals surface area contributed by atoms with Crippen LogP contribution in [0.3, 0.4) is 0 Å². The number of aliphatic hydroxyl groups excluding tert-OH is 2. The van der Waals surface area contributed by atoms with E-state index in [1.165, 1.54) is 6.20 Å². The molecule has 10 heteroatoms. The number of halogens is 3. The normalized spacial score (nSPS) is 16.1. The molecule has 1 unspecified atom stereocenters. The van der Waals surface area contributed by atoms with E-state index in [-0.39, 0.29) is 29.3 Å². The van der Waals surface area contributed by atoms with E-state index in [4.69, 9.17) is 14.9 Å². The number of pyridine rings is 1. The number of carbonyl (C=O) groups is 1. The monoisotopic (exact) mass is 444 g/mol. The highest BCUT2D eigenvalue weighted by molar-refractivity contribution is 8.00. The van der Waals surface area contributed by atoms with Gasteiger partial charge in [0.1, 0.15) is 5.75 Å². The summed E-state index contributed by atoms with van der Waals surface area (Å²) < 4.78 is 44.8. The van der Waals surface area contributed by atoms with E-state index in [1.54, 1.807) is 29.2 Å². The molecule has 0 spiro atoms. The smallest absolute Gasteiger partial charge is 0.417 e. The zero-order chi connectivity index (χ0) is 22.1. The zero-order valence-electron chi connectivity index (χ0n) is 16.3. The van der Waals surface area contributed by atoms with Gasteiger partial charge in [0, 0.05) is 42.7 Å². The van der Waals surface area contributed by atoms with Gasteiger partial charge in [0.15, 0.2) is 6.61 Å². The standard InChI is InChI=1S/C19H19F3N2O3S.CH4O/c20-19(21,22)16-5-7-23-9-17(16)28-15-6-8-24(10-15)18(26)12-27-14-3-1-13(11-25)2-4-14;1-2/h1-5,7,9,15,25H,6,8,10-12H2;2H,1H3. The van der Waals surface area contributed by atoms with E-state index in [1.807, 2.05) is 0 Å². The third-order valence-corrected chi connectivity index (χ3v) is 5.65. The molecule has 1 aliphatic rings. The van der Waals surface area contributed by atoms with Crippen molar-refractivity contribution in [2.24, 2.45) is 0 Å². The average molecular weight is 444 g/mol. The first-order valence-electron chi connectivity index (χ1n) is 9.10. The summed E-state index contributed by atoms with van der Waals surface area (Å²) >= 11 is 1.10. The number of benzene rings is 1. The van der Waals surface area contributed by atoms with Crippen LogP contribution >= 0.6 is 11.8 Å². The number of rotatable bonds is 6. The number of aromatic nitrogens is 1. The van der Waals surface area contributed by atoms with Gasteiger partial charge in [-0.15, -0.1) is 11.8 Å². The van der Waals surface area contributed by atoms with E-state index < -0.39 is 11.7 Å². The molecule has 1 amide bonds. The van der Waals surface area contributed by atoms with Crippen LogP contribution in [-0.2, 0) is 17.6 Å². The van der Waals surface area contributed by atoms with E-state index in [2.05, 4.69) is 4.98 Å².